The van der Waals surface area contributed by atoms with Crippen molar-refractivity contribution in [2.24, 2.45) is 16.7 Å². The van der Waals surface area contributed by atoms with Crippen LogP contribution in [0.2, 0.25) is 0 Å². The third-order valence-corrected chi connectivity index (χ3v) is 7.76. The van der Waals surface area contributed by atoms with Gasteiger partial charge < -0.3 is 20.1 Å². The zero-order valence-corrected chi connectivity index (χ0v) is 14.9. The highest BCUT2D eigenvalue weighted by molar-refractivity contribution is 5.75. The number of likely N-dealkylation sites (tertiary alicyclic amines) is 1. The normalized spacial score (nSPS) is 36.4. The summed E-state index contributed by atoms with van der Waals surface area (Å²) in [5.41, 5.74) is 0.259. The Bertz CT molecular complexity index is 475. The highest BCUT2D eigenvalue weighted by Crippen LogP contribution is 2.60. The van der Waals surface area contributed by atoms with E-state index in [1.54, 1.807) is 0 Å². The first-order valence-corrected chi connectivity index (χ1v) is 9.92. The number of hydrogen-bond acceptors (Lipinski definition) is 3. The smallest absolute Gasteiger partial charge is 0.317 e. The second kappa shape index (κ2) is 6.17. The Morgan fingerprint density at radius 3 is 2.58 bits per heavy atom. The molecule has 3 unspecified atom stereocenters. The van der Waals surface area contributed by atoms with E-state index in [4.69, 9.17) is 4.74 Å². The Kier molecular flexibility index (Phi) is 4.28. The van der Waals surface area contributed by atoms with Crippen LogP contribution in [0.1, 0.15) is 58.3 Å². The number of urea groups is 1. The number of piperidine rings is 1. The van der Waals surface area contributed by atoms with Gasteiger partial charge in [0.05, 0.1) is 6.10 Å². The fourth-order valence-electron chi connectivity index (χ4n) is 5.94. The fourth-order valence-corrected chi connectivity index (χ4v) is 5.94. The predicted molar refractivity (Wildman–Crippen MR) is 91.7 cm³/mol. The van der Waals surface area contributed by atoms with Crippen LogP contribution in [-0.2, 0) is 4.74 Å². The molecular formula is C19H32N2O3. The number of hydrogen-bond donors (Lipinski definition) is 2. The van der Waals surface area contributed by atoms with Gasteiger partial charge in [-0.2, -0.15) is 0 Å². The van der Waals surface area contributed by atoms with Gasteiger partial charge in [0.1, 0.15) is 0 Å². The molecular weight excluding hydrogens is 304 g/mol. The summed E-state index contributed by atoms with van der Waals surface area (Å²) in [5.74, 6) is 0.531. The van der Waals surface area contributed by atoms with E-state index in [1.165, 1.54) is 25.7 Å². The first kappa shape index (κ1) is 16.6. The number of ether oxygens (including phenoxy) is 1. The maximum atomic E-state index is 12.8. The Hall–Kier alpha value is -0.810. The third kappa shape index (κ3) is 2.38. The SMILES string of the molecule is CCC1(CO)CCN(C(=O)NC2C3CCOC3C23CCCC3)CC1. The molecule has 3 atom stereocenters. The Morgan fingerprint density at radius 1 is 1.25 bits per heavy atom. The van der Waals surface area contributed by atoms with Crippen molar-refractivity contribution >= 4 is 6.03 Å². The molecule has 1 spiro atoms. The molecule has 5 nitrogen and oxygen atoms in total. The Balaban J connectivity index is 1.38. The van der Waals surface area contributed by atoms with Gasteiger partial charge in [0.2, 0.25) is 0 Å². The van der Waals surface area contributed by atoms with E-state index in [2.05, 4.69) is 12.2 Å². The maximum Gasteiger partial charge on any atom is 0.317 e. The largest absolute Gasteiger partial charge is 0.396 e. The zero-order chi connectivity index (χ0) is 16.8. The molecule has 2 saturated heterocycles. The van der Waals surface area contributed by atoms with Gasteiger partial charge in [-0.3, -0.25) is 0 Å². The third-order valence-electron chi connectivity index (χ3n) is 7.76. The summed E-state index contributed by atoms with van der Waals surface area (Å²) >= 11 is 0. The number of aliphatic hydroxyl groups is 1. The second-order valence-electron chi connectivity index (χ2n) is 8.61. The predicted octanol–water partition coefficient (Wildman–Crippen LogP) is 2.53. The highest BCUT2D eigenvalue weighted by atomic mass is 16.5. The molecule has 2 N–H and O–H groups in total. The molecule has 4 aliphatic rings. The van der Waals surface area contributed by atoms with Crippen molar-refractivity contribution in [1.82, 2.24) is 10.2 Å². The van der Waals surface area contributed by atoms with Gasteiger partial charge >= 0.3 is 6.03 Å². The minimum atomic E-state index is 0.0321. The van der Waals surface area contributed by atoms with Gasteiger partial charge in [-0.1, -0.05) is 19.8 Å². The van der Waals surface area contributed by atoms with Crippen molar-refractivity contribution in [2.45, 2.75) is 70.4 Å². The average molecular weight is 336 g/mol. The summed E-state index contributed by atoms with van der Waals surface area (Å²) < 4.78 is 6.01. The Morgan fingerprint density at radius 2 is 1.96 bits per heavy atom. The standard InChI is InChI=1S/C19H32N2O3/c1-2-18(13-22)8-10-21(11-9-18)17(23)20-15-14-5-12-24-16(14)19(15)6-3-4-7-19/h14-16,22H,2-13H2,1H3,(H,20,23). The molecule has 2 aliphatic heterocycles. The quantitative estimate of drug-likeness (QED) is 0.832. The molecule has 2 amide bonds. The van der Waals surface area contributed by atoms with E-state index in [0.29, 0.717) is 18.1 Å². The van der Waals surface area contributed by atoms with Crippen LogP contribution < -0.4 is 5.32 Å². The van der Waals surface area contributed by atoms with Crippen LogP contribution in [0.5, 0.6) is 0 Å². The van der Waals surface area contributed by atoms with Crippen LogP contribution in [0.25, 0.3) is 0 Å². The number of aliphatic hydroxyl groups excluding tert-OH is 1. The van der Waals surface area contributed by atoms with E-state index in [-0.39, 0.29) is 23.5 Å². The van der Waals surface area contributed by atoms with Crippen LogP contribution >= 0.6 is 0 Å². The molecule has 4 fully saturated rings. The van der Waals surface area contributed by atoms with Gasteiger partial charge in [-0.15, -0.1) is 0 Å². The second-order valence-corrected chi connectivity index (χ2v) is 8.61. The first-order valence-electron chi connectivity index (χ1n) is 9.92. The minimum absolute atomic E-state index is 0.0321. The van der Waals surface area contributed by atoms with Crippen molar-refractivity contribution in [2.75, 3.05) is 26.3 Å². The molecule has 0 aromatic heterocycles. The molecule has 4 rings (SSSR count). The van der Waals surface area contributed by atoms with Crippen LogP contribution in [-0.4, -0.2) is 54.5 Å². The summed E-state index contributed by atoms with van der Waals surface area (Å²) in [7, 11) is 0. The molecule has 0 radical (unpaired) electrons. The van der Waals surface area contributed by atoms with E-state index >= 15 is 0 Å². The van der Waals surface area contributed by atoms with Crippen LogP contribution in [0.15, 0.2) is 0 Å². The fraction of sp³-hybridized carbons (Fsp3) is 0.947. The Labute approximate surface area is 145 Å². The monoisotopic (exact) mass is 336 g/mol. The minimum Gasteiger partial charge on any atom is -0.396 e. The number of nitrogens with zero attached hydrogens (tertiary/aromatic N) is 1. The highest BCUT2D eigenvalue weighted by Gasteiger charge is 2.65. The molecule has 2 aliphatic carbocycles. The molecule has 5 heteroatoms. The lowest BCUT2D eigenvalue weighted by Gasteiger charge is -2.57. The zero-order valence-electron chi connectivity index (χ0n) is 14.9. The van der Waals surface area contributed by atoms with E-state index in [9.17, 15) is 9.90 Å². The van der Waals surface area contributed by atoms with Gasteiger partial charge in [0.15, 0.2) is 0 Å². The molecule has 2 saturated carbocycles. The van der Waals surface area contributed by atoms with Gasteiger partial charge in [-0.05, 0) is 43.9 Å². The average Bonchev–Trinajstić information content (AvgIpc) is 3.28. The number of rotatable bonds is 3. The molecule has 0 bridgehead atoms. The van der Waals surface area contributed by atoms with Crippen molar-refractivity contribution in [3.8, 4) is 0 Å². The van der Waals surface area contributed by atoms with E-state index in [0.717, 1.165) is 45.4 Å². The van der Waals surface area contributed by atoms with Gasteiger partial charge in [0.25, 0.3) is 0 Å². The molecule has 136 valence electrons. The topological polar surface area (TPSA) is 61.8 Å². The van der Waals surface area contributed by atoms with Gasteiger partial charge in [0, 0.05) is 43.7 Å². The number of carbonyl (C=O) groups is 1. The van der Waals surface area contributed by atoms with Crippen molar-refractivity contribution < 1.29 is 14.6 Å². The van der Waals surface area contributed by atoms with Crippen molar-refractivity contribution in [3.63, 3.8) is 0 Å². The molecule has 0 aromatic rings. The first-order chi connectivity index (χ1) is 11.6. The lowest BCUT2D eigenvalue weighted by Crippen LogP contribution is -2.69. The maximum absolute atomic E-state index is 12.8. The summed E-state index contributed by atoms with van der Waals surface area (Å²) in [6.45, 7) is 4.79. The van der Waals surface area contributed by atoms with E-state index < -0.39 is 0 Å². The van der Waals surface area contributed by atoms with Crippen molar-refractivity contribution in [3.05, 3.63) is 0 Å². The summed E-state index contributed by atoms with van der Waals surface area (Å²) in [5, 5.41) is 13.1. The van der Waals surface area contributed by atoms with Crippen LogP contribution in [0.3, 0.4) is 0 Å². The number of carbonyl (C=O) groups excluding carboxylic acids is 1. The number of nitrogens with one attached hydrogen (secondary N) is 1. The molecule has 24 heavy (non-hydrogen) atoms. The van der Waals surface area contributed by atoms with Gasteiger partial charge in [-0.25, -0.2) is 4.79 Å². The number of fused-ring (bicyclic) bond motifs is 2. The lowest BCUT2D eigenvalue weighted by molar-refractivity contribution is -0.127. The summed E-state index contributed by atoms with van der Waals surface area (Å²) in [4.78, 5) is 14.8. The molecule has 2 heterocycles. The van der Waals surface area contributed by atoms with Crippen LogP contribution in [0, 0.1) is 16.7 Å². The summed E-state index contributed by atoms with van der Waals surface area (Å²) in [6, 6.07) is 0.426. The van der Waals surface area contributed by atoms with Crippen LogP contribution in [0.4, 0.5) is 4.79 Å². The van der Waals surface area contributed by atoms with E-state index in [1.807, 2.05) is 4.90 Å². The lowest BCUT2D eigenvalue weighted by atomic mass is 9.54. The summed E-state index contributed by atoms with van der Waals surface area (Å²) in [6.07, 6.45) is 9.29. The molecule has 0 aromatic carbocycles. The van der Waals surface area contributed by atoms with Crippen molar-refractivity contribution in [1.29, 1.82) is 0 Å². The number of amides is 2.